The number of aromatic carboxylic acids is 1. The highest BCUT2D eigenvalue weighted by Crippen LogP contribution is 2.23. The fourth-order valence-corrected chi connectivity index (χ4v) is 2.22. The Balaban J connectivity index is 2.44. The van der Waals surface area contributed by atoms with Crippen molar-refractivity contribution in [2.24, 2.45) is 5.14 Å². The van der Waals surface area contributed by atoms with E-state index in [1.165, 1.54) is 12.1 Å². The molecule has 0 atom stereocenters. The second-order valence-electron chi connectivity index (χ2n) is 4.37. The molecule has 0 radical (unpaired) electrons. The highest BCUT2D eigenvalue weighted by molar-refractivity contribution is 7.89. The SMILES string of the molecule is Cc1ccc(Nc2ccc(S(N)(=O)=O)cc2C(=O)O)cn1. The molecule has 0 unspecified atom stereocenters. The fourth-order valence-electron chi connectivity index (χ4n) is 1.68. The average Bonchev–Trinajstić information content (AvgIpc) is 2.40. The number of aromatic nitrogens is 1. The van der Waals surface area contributed by atoms with Gasteiger partial charge in [-0.3, -0.25) is 4.98 Å². The summed E-state index contributed by atoms with van der Waals surface area (Å²) in [5.41, 5.74) is 1.47. The molecule has 0 spiro atoms. The zero-order valence-corrected chi connectivity index (χ0v) is 11.9. The lowest BCUT2D eigenvalue weighted by Gasteiger charge is -2.10. The molecular formula is C13H13N3O4S. The summed E-state index contributed by atoms with van der Waals surface area (Å²) in [6.07, 6.45) is 1.55. The molecule has 0 aliphatic heterocycles. The number of carboxylic acids is 1. The first kappa shape index (κ1) is 14.9. The number of rotatable bonds is 4. The Labute approximate surface area is 121 Å². The third kappa shape index (κ3) is 3.56. The molecule has 0 aliphatic rings. The minimum Gasteiger partial charge on any atom is -0.478 e. The number of hydrogen-bond acceptors (Lipinski definition) is 5. The van der Waals surface area contributed by atoms with E-state index in [0.29, 0.717) is 5.69 Å². The number of anilines is 2. The van der Waals surface area contributed by atoms with Gasteiger partial charge in [0.2, 0.25) is 10.0 Å². The van der Waals surface area contributed by atoms with E-state index in [4.69, 9.17) is 5.14 Å². The van der Waals surface area contributed by atoms with E-state index < -0.39 is 16.0 Å². The standard InChI is InChI=1S/C13H13N3O4S/c1-8-2-3-9(7-15-8)16-12-5-4-10(21(14,19)20)6-11(12)13(17)18/h2-7,16H,1H3,(H,17,18)(H2,14,19,20). The van der Waals surface area contributed by atoms with Gasteiger partial charge >= 0.3 is 5.97 Å². The van der Waals surface area contributed by atoms with Crippen molar-refractivity contribution in [3.63, 3.8) is 0 Å². The van der Waals surface area contributed by atoms with E-state index in [9.17, 15) is 18.3 Å². The summed E-state index contributed by atoms with van der Waals surface area (Å²) in [5.74, 6) is -1.26. The molecule has 4 N–H and O–H groups in total. The number of nitrogens with two attached hydrogens (primary N) is 1. The van der Waals surface area contributed by atoms with Gasteiger partial charge in [0.05, 0.1) is 28.0 Å². The van der Waals surface area contributed by atoms with Gasteiger partial charge in [0.15, 0.2) is 0 Å². The van der Waals surface area contributed by atoms with Crippen LogP contribution in [0.3, 0.4) is 0 Å². The van der Waals surface area contributed by atoms with Gasteiger partial charge in [-0.2, -0.15) is 0 Å². The number of primary sulfonamides is 1. The van der Waals surface area contributed by atoms with Crippen LogP contribution in [0.2, 0.25) is 0 Å². The van der Waals surface area contributed by atoms with Crippen LogP contribution < -0.4 is 10.5 Å². The molecule has 0 bridgehead atoms. The lowest BCUT2D eigenvalue weighted by Crippen LogP contribution is -2.13. The third-order valence-electron chi connectivity index (χ3n) is 2.74. The van der Waals surface area contributed by atoms with Crippen molar-refractivity contribution in [1.29, 1.82) is 0 Å². The zero-order chi connectivity index (χ0) is 15.6. The van der Waals surface area contributed by atoms with Gasteiger partial charge in [-0.15, -0.1) is 0 Å². The van der Waals surface area contributed by atoms with Crippen LogP contribution in [-0.2, 0) is 10.0 Å². The lowest BCUT2D eigenvalue weighted by molar-refractivity contribution is 0.0697. The second kappa shape index (κ2) is 5.51. The van der Waals surface area contributed by atoms with Crippen molar-refractivity contribution in [3.8, 4) is 0 Å². The maximum Gasteiger partial charge on any atom is 0.337 e. The molecule has 2 rings (SSSR count). The van der Waals surface area contributed by atoms with E-state index in [-0.39, 0.29) is 16.1 Å². The number of sulfonamides is 1. The van der Waals surface area contributed by atoms with Crippen molar-refractivity contribution in [1.82, 2.24) is 4.98 Å². The molecule has 0 saturated heterocycles. The van der Waals surface area contributed by atoms with Gasteiger partial charge in [-0.1, -0.05) is 0 Å². The number of hydrogen-bond donors (Lipinski definition) is 3. The monoisotopic (exact) mass is 307 g/mol. The minimum atomic E-state index is -3.96. The quantitative estimate of drug-likeness (QED) is 0.786. The normalized spacial score (nSPS) is 11.1. The highest BCUT2D eigenvalue weighted by Gasteiger charge is 2.16. The predicted octanol–water partition coefficient (Wildman–Crippen LogP) is 1.48. The lowest BCUT2D eigenvalue weighted by atomic mass is 10.1. The first-order valence-electron chi connectivity index (χ1n) is 5.87. The van der Waals surface area contributed by atoms with E-state index in [0.717, 1.165) is 11.8 Å². The molecule has 8 heteroatoms. The van der Waals surface area contributed by atoms with Crippen molar-refractivity contribution < 1.29 is 18.3 Å². The van der Waals surface area contributed by atoms with Crippen LogP contribution in [0.15, 0.2) is 41.4 Å². The molecule has 110 valence electrons. The van der Waals surface area contributed by atoms with Crippen molar-refractivity contribution in [2.45, 2.75) is 11.8 Å². The Morgan fingerprint density at radius 2 is 2.00 bits per heavy atom. The topological polar surface area (TPSA) is 122 Å². The number of nitrogens with zero attached hydrogens (tertiary/aromatic N) is 1. The first-order chi connectivity index (χ1) is 9.77. The molecule has 2 aromatic rings. The fraction of sp³-hybridized carbons (Fsp3) is 0.0769. The van der Waals surface area contributed by atoms with Crippen LogP contribution in [-0.4, -0.2) is 24.5 Å². The van der Waals surface area contributed by atoms with Crippen LogP contribution in [0.4, 0.5) is 11.4 Å². The first-order valence-corrected chi connectivity index (χ1v) is 7.42. The summed E-state index contributed by atoms with van der Waals surface area (Å²) in [6, 6.07) is 7.11. The molecule has 21 heavy (non-hydrogen) atoms. The zero-order valence-electron chi connectivity index (χ0n) is 11.1. The molecule has 0 saturated carbocycles. The van der Waals surface area contributed by atoms with Gasteiger partial charge < -0.3 is 10.4 Å². The summed E-state index contributed by atoms with van der Waals surface area (Å²) in [4.78, 5) is 15.1. The average molecular weight is 307 g/mol. The molecule has 0 fully saturated rings. The molecule has 1 aromatic carbocycles. The molecule has 7 nitrogen and oxygen atoms in total. The van der Waals surface area contributed by atoms with Crippen molar-refractivity contribution in [3.05, 3.63) is 47.8 Å². The maximum absolute atomic E-state index is 11.3. The van der Waals surface area contributed by atoms with Gasteiger partial charge in [0.25, 0.3) is 0 Å². The van der Waals surface area contributed by atoms with Crippen LogP contribution >= 0.6 is 0 Å². The van der Waals surface area contributed by atoms with E-state index in [1.807, 2.05) is 6.92 Å². The highest BCUT2D eigenvalue weighted by atomic mass is 32.2. The van der Waals surface area contributed by atoms with Gasteiger partial charge in [0, 0.05) is 5.69 Å². The summed E-state index contributed by atoms with van der Waals surface area (Å²) < 4.78 is 22.5. The third-order valence-corrected chi connectivity index (χ3v) is 3.65. The van der Waals surface area contributed by atoms with Gasteiger partial charge in [-0.25, -0.2) is 18.4 Å². The Morgan fingerprint density at radius 1 is 1.29 bits per heavy atom. The molecule has 1 heterocycles. The summed E-state index contributed by atoms with van der Waals surface area (Å²) in [6.45, 7) is 1.83. The van der Waals surface area contributed by atoms with Crippen molar-refractivity contribution in [2.75, 3.05) is 5.32 Å². The Kier molecular flexibility index (Phi) is 3.92. The Bertz CT molecular complexity index is 786. The Morgan fingerprint density at radius 3 is 2.52 bits per heavy atom. The Hall–Kier alpha value is -2.45. The van der Waals surface area contributed by atoms with Gasteiger partial charge in [-0.05, 0) is 37.3 Å². The molecule has 0 amide bonds. The van der Waals surface area contributed by atoms with Crippen LogP contribution in [0, 0.1) is 6.92 Å². The van der Waals surface area contributed by atoms with Crippen LogP contribution in [0.1, 0.15) is 16.1 Å². The van der Waals surface area contributed by atoms with E-state index in [2.05, 4.69) is 10.3 Å². The molecule has 1 aromatic heterocycles. The van der Waals surface area contributed by atoms with E-state index >= 15 is 0 Å². The summed E-state index contributed by atoms with van der Waals surface area (Å²) in [7, 11) is -3.96. The summed E-state index contributed by atoms with van der Waals surface area (Å²) >= 11 is 0. The number of pyridine rings is 1. The second-order valence-corrected chi connectivity index (χ2v) is 5.93. The smallest absolute Gasteiger partial charge is 0.337 e. The predicted molar refractivity (Wildman–Crippen MR) is 77.0 cm³/mol. The number of carboxylic acid groups (broad SMARTS) is 1. The number of nitrogens with one attached hydrogen (secondary N) is 1. The number of carbonyl (C=O) groups is 1. The minimum absolute atomic E-state index is 0.192. The van der Waals surface area contributed by atoms with Crippen LogP contribution in [0.5, 0.6) is 0 Å². The van der Waals surface area contributed by atoms with Crippen LogP contribution in [0.25, 0.3) is 0 Å². The van der Waals surface area contributed by atoms with Gasteiger partial charge in [0.1, 0.15) is 0 Å². The molecular weight excluding hydrogens is 294 g/mol. The molecule has 0 aliphatic carbocycles. The largest absolute Gasteiger partial charge is 0.478 e. The number of aryl methyl sites for hydroxylation is 1. The number of benzene rings is 1. The maximum atomic E-state index is 11.3. The summed E-state index contributed by atoms with van der Waals surface area (Å²) in [5, 5.41) is 17.1. The van der Waals surface area contributed by atoms with E-state index in [1.54, 1.807) is 18.3 Å². The van der Waals surface area contributed by atoms with Crippen molar-refractivity contribution >= 4 is 27.4 Å².